The van der Waals surface area contributed by atoms with Crippen molar-refractivity contribution in [3.63, 3.8) is 0 Å². The topological polar surface area (TPSA) is 147 Å². The van der Waals surface area contributed by atoms with E-state index in [1.165, 1.54) is 23.2 Å². The maximum atomic E-state index is 13.4. The molecule has 11 heteroatoms. The van der Waals surface area contributed by atoms with Crippen LogP contribution in [0.2, 0.25) is 5.15 Å². The second kappa shape index (κ2) is 7.97. The van der Waals surface area contributed by atoms with Crippen LogP contribution in [0.3, 0.4) is 0 Å². The molecular weight excluding hydrogens is 436 g/mol. The van der Waals surface area contributed by atoms with Crippen LogP contribution < -0.4 is 15.4 Å². The number of rotatable bonds is 5. The average molecular weight is 455 g/mol. The molecule has 0 unspecified atom stereocenters. The molecule has 3 aromatic heterocycles. The van der Waals surface area contributed by atoms with Gasteiger partial charge in [0.2, 0.25) is 5.95 Å². The maximum Gasteiger partial charge on any atom is 0.337 e. The number of hydrogen-bond acceptors (Lipinski definition) is 7. The summed E-state index contributed by atoms with van der Waals surface area (Å²) in [6, 6.07) is 1.41. The van der Waals surface area contributed by atoms with Crippen LogP contribution in [0, 0.1) is 13.8 Å². The van der Waals surface area contributed by atoms with Crippen molar-refractivity contribution in [1.29, 1.82) is 0 Å². The van der Waals surface area contributed by atoms with Crippen molar-refractivity contribution in [3.05, 3.63) is 57.3 Å². The van der Waals surface area contributed by atoms with Gasteiger partial charge >= 0.3 is 5.97 Å². The third-order valence-corrected chi connectivity index (χ3v) is 5.45. The Hall–Kier alpha value is -3.92. The molecule has 0 bridgehead atoms. The fourth-order valence-corrected chi connectivity index (χ4v) is 3.92. The summed E-state index contributed by atoms with van der Waals surface area (Å²) in [4.78, 5) is 41.5. The lowest BCUT2D eigenvalue weighted by Crippen LogP contribution is -2.27. The Kier molecular flexibility index (Phi) is 5.31. The van der Waals surface area contributed by atoms with Gasteiger partial charge in [0, 0.05) is 29.2 Å². The first-order valence-corrected chi connectivity index (χ1v) is 9.86. The number of carboxylic acid groups (broad SMARTS) is 1. The number of H-pyrrole nitrogens is 1. The first-order chi connectivity index (χ1) is 15.2. The molecule has 32 heavy (non-hydrogen) atoms. The fourth-order valence-electron chi connectivity index (χ4n) is 3.65. The van der Waals surface area contributed by atoms with E-state index in [9.17, 15) is 9.59 Å². The number of nitrogens with one attached hydrogen (secondary N) is 1. The molecule has 0 saturated heterocycles. The molecule has 1 aliphatic heterocycles. The number of carbonyl (C=O) groups excluding carboxylic acids is 1. The number of hydrogen-bond donors (Lipinski definition) is 3. The second-order valence-electron chi connectivity index (χ2n) is 7.22. The molecule has 1 amide bonds. The van der Waals surface area contributed by atoms with Crippen molar-refractivity contribution in [2.24, 2.45) is 0 Å². The molecule has 4 N–H and O–H groups in total. The smallest absolute Gasteiger partial charge is 0.337 e. The summed E-state index contributed by atoms with van der Waals surface area (Å²) in [6.07, 6.45) is 4.52. The van der Waals surface area contributed by atoms with Gasteiger partial charge in [-0.3, -0.25) is 14.7 Å². The number of anilines is 2. The van der Waals surface area contributed by atoms with Gasteiger partial charge < -0.3 is 20.6 Å². The van der Waals surface area contributed by atoms with E-state index in [1.54, 1.807) is 13.3 Å². The largest absolute Gasteiger partial charge is 0.496 e. The summed E-state index contributed by atoms with van der Waals surface area (Å²) < 4.78 is 5.46. The molecule has 0 aliphatic carbocycles. The zero-order chi connectivity index (χ0) is 23.2. The van der Waals surface area contributed by atoms with E-state index in [0.29, 0.717) is 22.7 Å². The number of halogens is 1. The number of methoxy groups -OCH3 is 1. The number of pyridine rings is 1. The molecule has 0 aromatic carbocycles. The molecule has 3 aromatic rings. The number of fused-ring (bicyclic) bond motifs is 1. The number of nitrogen functional groups attached to an aromatic ring is 1. The average Bonchev–Trinajstić information content (AvgIpc) is 3.29. The van der Waals surface area contributed by atoms with Crippen LogP contribution in [0.4, 0.5) is 11.8 Å². The molecule has 0 spiro atoms. The molecule has 4 rings (SSSR count). The summed E-state index contributed by atoms with van der Waals surface area (Å²) in [5, 5.41) is 9.17. The maximum absolute atomic E-state index is 13.4. The Morgan fingerprint density at radius 2 is 2.12 bits per heavy atom. The van der Waals surface area contributed by atoms with Gasteiger partial charge in [-0.1, -0.05) is 11.6 Å². The summed E-state index contributed by atoms with van der Waals surface area (Å²) >= 11 is 6.33. The Balaban J connectivity index is 1.81. The minimum atomic E-state index is -1.09. The van der Waals surface area contributed by atoms with Crippen LogP contribution in [0.5, 0.6) is 5.75 Å². The molecule has 4 heterocycles. The lowest BCUT2D eigenvalue weighted by atomic mass is 10.1. The van der Waals surface area contributed by atoms with E-state index >= 15 is 0 Å². The summed E-state index contributed by atoms with van der Waals surface area (Å²) in [5.41, 5.74) is 9.08. The van der Waals surface area contributed by atoms with Gasteiger partial charge in [-0.25, -0.2) is 9.78 Å². The van der Waals surface area contributed by atoms with E-state index in [-0.39, 0.29) is 34.6 Å². The Labute approximate surface area is 187 Å². The number of amides is 1. The van der Waals surface area contributed by atoms with E-state index in [4.69, 9.17) is 27.2 Å². The minimum absolute atomic E-state index is 0.0192. The zero-order valence-electron chi connectivity index (χ0n) is 17.4. The van der Waals surface area contributed by atoms with Gasteiger partial charge in [-0.15, -0.1) is 0 Å². The van der Waals surface area contributed by atoms with Crippen LogP contribution >= 0.6 is 11.6 Å². The van der Waals surface area contributed by atoms with Gasteiger partial charge in [0.05, 0.1) is 36.0 Å². The highest BCUT2D eigenvalue weighted by Gasteiger charge is 2.37. The van der Waals surface area contributed by atoms with Gasteiger partial charge in [0.15, 0.2) is 5.82 Å². The predicted octanol–water partition coefficient (Wildman–Crippen LogP) is 2.85. The van der Waals surface area contributed by atoms with E-state index in [2.05, 4.69) is 19.9 Å². The Morgan fingerprint density at radius 1 is 1.38 bits per heavy atom. The summed E-state index contributed by atoms with van der Waals surface area (Å²) in [6.45, 7) is 3.85. The third-order valence-electron chi connectivity index (χ3n) is 5.17. The third kappa shape index (κ3) is 3.54. The normalized spacial score (nSPS) is 14.2. The van der Waals surface area contributed by atoms with Crippen molar-refractivity contribution in [1.82, 2.24) is 19.9 Å². The monoisotopic (exact) mass is 454 g/mol. The highest BCUT2D eigenvalue weighted by molar-refractivity contribution is 6.41. The van der Waals surface area contributed by atoms with Crippen molar-refractivity contribution in [3.8, 4) is 5.75 Å². The predicted molar refractivity (Wildman–Crippen MR) is 119 cm³/mol. The Morgan fingerprint density at radius 3 is 2.78 bits per heavy atom. The second-order valence-corrected chi connectivity index (χ2v) is 7.57. The van der Waals surface area contributed by atoms with Gasteiger partial charge in [-0.2, -0.15) is 4.98 Å². The zero-order valence-corrected chi connectivity index (χ0v) is 18.2. The molecule has 164 valence electrons. The molecule has 0 saturated carbocycles. The first kappa shape index (κ1) is 21.3. The van der Waals surface area contributed by atoms with E-state index in [1.807, 2.05) is 13.8 Å². The quantitative estimate of drug-likeness (QED) is 0.393. The number of nitrogens with zero attached hydrogens (tertiary/aromatic N) is 4. The number of ether oxygens (including phenoxy) is 1. The van der Waals surface area contributed by atoms with Crippen LogP contribution in [0.15, 0.2) is 18.5 Å². The van der Waals surface area contributed by atoms with Gasteiger partial charge in [0.1, 0.15) is 10.9 Å². The summed E-state index contributed by atoms with van der Waals surface area (Å²) in [5.74, 6) is -0.620. The number of aryl methyl sites for hydroxylation is 1. The molecule has 1 aliphatic rings. The van der Waals surface area contributed by atoms with Crippen molar-refractivity contribution in [2.45, 2.75) is 20.4 Å². The number of carboxylic acids is 1. The van der Waals surface area contributed by atoms with Crippen LogP contribution in [0.1, 0.15) is 38.4 Å². The standard InChI is InChI=1S/C21H19ClN6O4/c1-9-6-25-14(10(2)16(9)32-3)8-28-18-15(17(22)26-21(23)27-18)13(19(28)29)5-12-4-11(7-24-12)20(30)31/h4-7,24H,8H2,1-3H3,(H,30,31)(H2,23,26,27). The highest BCUT2D eigenvalue weighted by atomic mass is 35.5. The highest BCUT2D eigenvalue weighted by Crippen LogP contribution is 2.41. The fraction of sp³-hybridized carbons (Fsp3) is 0.190. The molecule has 0 atom stereocenters. The number of aromatic nitrogens is 4. The number of nitrogens with two attached hydrogens (primary N) is 1. The summed E-state index contributed by atoms with van der Waals surface area (Å²) in [7, 11) is 1.58. The van der Waals surface area contributed by atoms with Crippen LogP contribution in [-0.2, 0) is 11.3 Å². The molecular formula is C21H19ClN6O4. The Bertz CT molecular complexity index is 1300. The van der Waals surface area contributed by atoms with Crippen molar-refractivity contribution < 1.29 is 19.4 Å². The molecule has 0 fully saturated rings. The van der Waals surface area contributed by atoms with E-state index < -0.39 is 11.9 Å². The minimum Gasteiger partial charge on any atom is -0.496 e. The van der Waals surface area contributed by atoms with Crippen molar-refractivity contribution >= 4 is 46.9 Å². The van der Waals surface area contributed by atoms with Crippen LogP contribution in [-0.4, -0.2) is 44.0 Å². The molecule has 0 radical (unpaired) electrons. The van der Waals surface area contributed by atoms with Crippen LogP contribution in [0.25, 0.3) is 11.6 Å². The SMILES string of the molecule is COc1c(C)cnc(CN2C(=O)C(=Cc3cc(C(=O)O)c[nH]3)c3c(Cl)nc(N)nc32)c1C. The first-order valence-electron chi connectivity index (χ1n) is 9.49. The van der Waals surface area contributed by atoms with E-state index in [0.717, 1.165) is 11.1 Å². The van der Waals surface area contributed by atoms with Gasteiger partial charge in [0.25, 0.3) is 5.91 Å². The number of aromatic amines is 1. The lowest BCUT2D eigenvalue weighted by molar-refractivity contribution is -0.113. The number of carbonyl (C=O) groups is 2. The van der Waals surface area contributed by atoms with Gasteiger partial charge in [-0.05, 0) is 26.0 Å². The lowest BCUT2D eigenvalue weighted by Gasteiger charge is -2.19. The molecule has 10 nitrogen and oxygen atoms in total. The number of aromatic carboxylic acids is 1. The van der Waals surface area contributed by atoms with Crippen molar-refractivity contribution in [2.75, 3.05) is 17.7 Å².